The molecule has 0 radical (unpaired) electrons. The predicted molar refractivity (Wildman–Crippen MR) is 116 cm³/mol. The molecule has 7 nitrogen and oxygen atoms in total. The molecule has 1 aromatic carbocycles. The van der Waals surface area contributed by atoms with Crippen molar-refractivity contribution in [3.8, 4) is 11.3 Å². The quantitative estimate of drug-likeness (QED) is 0.649. The highest BCUT2D eigenvalue weighted by molar-refractivity contribution is 6.04. The molecule has 0 atom stereocenters. The van der Waals surface area contributed by atoms with Gasteiger partial charge >= 0.3 is 0 Å². The molecule has 4 heterocycles. The van der Waals surface area contributed by atoms with Gasteiger partial charge in [0.2, 0.25) is 0 Å². The number of amides is 1. The molecule has 1 saturated heterocycles. The van der Waals surface area contributed by atoms with Crippen LogP contribution in [0.1, 0.15) is 22.5 Å². The molecule has 0 spiro atoms. The number of carbonyl (C=O) groups is 1. The highest BCUT2D eigenvalue weighted by Gasteiger charge is 2.27. The van der Waals surface area contributed by atoms with E-state index in [4.69, 9.17) is 4.74 Å². The Morgan fingerprint density at radius 2 is 1.91 bits per heavy atom. The normalized spacial score (nSPS) is 15.8. The Labute approximate surface area is 183 Å². The van der Waals surface area contributed by atoms with Crippen molar-refractivity contribution in [3.63, 3.8) is 0 Å². The van der Waals surface area contributed by atoms with E-state index in [9.17, 15) is 13.6 Å². The number of fused-ring (bicyclic) bond motifs is 1. The zero-order valence-corrected chi connectivity index (χ0v) is 17.2. The molecule has 0 bridgehead atoms. The molecular formula is C23H21F2N5O2. The van der Waals surface area contributed by atoms with Crippen LogP contribution >= 0.6 is 0 Å². The van der Waals surface area contributed by atoms with E-state index in [1.165, 1.54) is 24.3 Å². The van der Waals surface area contributed by atoms with Gasteiger partial charge in [0.25, 0.3) is 5.91 Å². The molecule has 2 aliphatic heterocycles. The summed E-state index contributed by atoms with van der Waals surface area (Å²) < 4.78 is 34.2. The third kappa shape index (κ3) is 3.87. The number of pyridine rings is 2. The summed E-state index contributed by atoms with van der Waals surface area (Å²) >= 11 is 0. The first kappa shape index (κ1) is 20.3. The van der Waals surface area contributed by atoms with Gasteiger partial charge in [-0.25, -0.2) is 18.7 Å². The second-order valence-corrected chi connectivity index (χ2v) is 7.64. The Bertz CT molecular complexity index is 1140. The maximum atomic E-state index is 14.4. The zero-order valence-electron chi connectivity index (χ0n) is 17.2. The van der Waals surface area contributed by atoms with Crippen molar-refractivity contribution in [1.82, 2.24) is 15.3 Å². The Hall–Kier alpha value is -3.59. The van der Waals surface area contributed by atoms with Crippen molar-refractivity contribution in [2.75, 3.05) is 36.5 Å². The van der Waals surface area contributed by atoms with Gasteiger partial charge in [-0.3, -0.25) is 4.79 Å². The summed E-state index contributed by atoms with van der Waals surface area (Å²) in [5, 5.41) is 5.84. The van der Waals surface area contributed by atoms with Gasteiger partial charge in [0, 0.05) is 19.7 Å². The van der Waals surface area contributed by atoms with E-state index in [2.05, 4.69) is 25.5 Å². The van der Waals surface area contributed by atoms with E-state index < -0.39 is 11.6 Å². The molecule has 2 N–H and O–H groups in total. The Kier molecular flexibility index (Phi) is 5.40. The number of benzene rings is 1. The number of hydrogen-bond donors (Lipinski definition) is 2. The van der Waals surface area contributed by atoms with E-state index in [-0.39, 0.29) is 23.7 Å². The maximum Gasteiger partial charge on any atom is 0.255 e. The number of hydrogen-bond acceptors (Lipinski definition) is 6. The van der Waals surface area contributed by atoms with Crippen LogP contribution in [-0.4, -0.2) is 42.2 Å². The van der Waals surface area contributed by atoms with Crippen molar-refractivity contribution in [3.05, 3.63) is 65.5 Å². The summed E-state index contributed by atoms with van der Waals surface area (Å²) in [5.74, 6) is -1.22. The molecule has 5 rings (SSSR count). The smallest absolute Gasteiger partial charge is 0.255 e. The average Bonchev–Trinajstić information content (AvgIpc) is 2.98. The number of aromatic nitrogens is 2. The van der Waals surface area contributed by atoms with Crippen molar-refractivity contribution >= 4 is 23.1 Å². The van der Waals surface area contributed by atoms with E-state index in [0.717, 1.165) is 31.8 Å². The van der Waals surface area contributed by atoms with E-state index in [1.54, 1.807) is 6.20 Å². The van der Waals surface area contributed by atoms with Gasteiger partial charge < -0.3 is 20.3 Å². The topological polar surface area (TPSA) is 79.4 Å². The largest absolute Gasteiger partial charge is 0.380 e. The molecule has 1 amide bonds. The van der Waals surface area contributed by atoms with E-state index in [0.29, 0.717) is 29.4 Å². The molecule has 0 aliphatic carbocycles. The summed E-state index contributed by atoms with van der Waals surface area (Å²) in [5.41, 5.74) is 2.03. The summed E-state index contributed by atoms with van der Waals surface area (Å²) in [6.45, 7) is 3.31. The summed E-state index contributed by atoms with van der Waals surface area (Å²) in [6.07, 6.45) is 2.71. The Morgan fingerprint density at radius 1 is 1.06 bits per heavy atom. The minimum absolute atomic E-state index is 0.111. The van der Waals surface area contributed by atoms with Crippen molar-refractivity contribution in [2.24, 2.45) is 0 Å². The fourth-order valence-electron chi connectivity index (χ4n) is 3.99. The number of carbonyl (C=O) groups excluding carboxylic acids is 1. The minimum Gasteiger partial charge on any atom is -0.380 e. The summed E-state index contributed by atoms with van der Waals surface area (Å²) in [4.78, 5) is 23.4. The fraction of sp³-hybridized carbons (Fsp3) is 0.261. The second-order valence-electron chi connectivity index (χ2n) is 7.64. The lowest BCUT2D eigenvalue weighted by molar-refractivity contribution is 0.0966. The van der Waals surface area contributed by atoms with Crippen molar-refractivity contribution < 1.29 is 18.3 Å². The highest BCUT2D eigenvalue weighted by atomic mass is 19.1. The highest BCUT2D eigenvalue weighted by Crippen LogP contribution is 2.33. The van der Waals surface area contributed by atoms with Crippen LogP contribution in [-0.2, 0) is 11.3 Å². The molecule has 2 aliphatic rings. The first-order valence-electron chi connectivity index (χ1n) is 10.4. The number of rotatable bonds is 4. The molecule has 32 heavy (non-hydrogen) atoms. The van der Waals surface area contributed by atoms with Gasteiger partial charge in [0.05, 0.1) is 53.2 Å². The minimum atomic E-state index is -0.718. The summed E-state index contributed by atoms with van der Waals surface area (Å²) in [6, 6.07) is 8.89. The number of halogens is 2. The zero-order chi connectivity index (χ0) is 22.1. The number of nitrogens with one attached hydrogen (secondary N) is 2. The number of ether oxygens (including phenoxy) is 1. The van der Waals surface area contributed by atoms with Crippen molar-refractivity contribution in [1.29, 1.82) is 0 Å². The monoisotopic (exact) mass is 437 g/mol. The van der Waals surface area contributed by atoms with Gasteiger partial charge in [0.1, 0.15) is 17.5 Å². The summed E-state index contributed by atoms with van der Waals surface area (Å²) in [7, 11) is 0. The molecule has 1 fully saturated rings. The van der Waals surface area contributed by atoms with Crippen LogP contribution in [0, 0.1) is 11.6 Å². The third-order valence-corrected chi connectivity index (χ3v) is 5.55. The van der Waals surface area contributed by atoms with Crippen LogP contribution in [0.2, 0.25) is 0 Å². The Balaban J connectivity index is 1.48. The van der Waals surface area contributed by atoms with Gasteiger partial charge in [-0.15, -0.1) is 0 Å². The van der Waals surface area contributed by atoms with Crippen LogP contribution in [0.4, 0.5) is 26.0 Å². The fourth-order valence-corrected chi connectivity index (χ4v) is 3.99. The average molecular weight is 437 g/mol. The van der Waals surface area contributed by atoms with Gasteiger partial charge in [0.15, 0.2) is 0 Å². The van der Waals surface area contributed by atoms with E-state index >= 15 is 0 Å². The van der Waals surface area contributed by atoms with Crippen LogP contribution in [0.15, 0.2) is 42.6 Å². The maximum absolute atomic E-state index is 14.4. The van der Waals surface area contributed by atoms with Crippen LogP contribution in [0.3, 0.4) is 0 Å². The third-order valence-electron chi connectivity index (χ3n) is 5.55. The SMILES string of the molecule is O=C1NCc2nc(-c3c(F)cccc3F)cc(Nc3ccc(N4CCCOCC4)cn3)c21. The lowest BCUT2D eigenvalue weighted by Crippen LogP contribution is -2.25. The standard InChI is InChI=1S/C23H21F2N5O2/c24-15-3-1-4-16(25)21(15)17-11-18(22-19(28-17)13-27-23(22)31)29-20-6-5-14(12-26-20)30-7-2-9-32-10-8-30/h1,3-6,11-12H,2,7-10,13H2,(H,27,31)(H,26,28,29). The van der Waals surface area contributed by atoms with Crippen LogP contribution in [0.5, 0.6) is 0 Å². The van der Waals surface area contributed by atoms with Crippen LogP contribution in [0.25, 0.3) is 11.3 Å². The van der Waals surface area contributed by atoms with Gasteiger partial charge in [-0.05, 0) is 36.8 Å². The van der Waals surface area contributed by atoms with E-state index in [1.807, 2.05) is 12.1 Å². The molecule has 0 unspecified atom stereocenters. The molecule has 9 heteroatoms. The molecule has 2 aromatic heterocycles. The van der Waals surface area contributed by atoms with Gasteiger partial charge in [-0.2, -0.15) is 0 Å². The molecule has 3 aromatic rings. The lowest BCUT2D eigenvalue weighted by atomic mass is 10.1. The number of nitrogens with zero attached hydrogens (tertiary/aromatic N) is 3. The molecular weight excluding hydrogens is 416 g/mol. The van der Waals surface area contributed by atoms with Gasteiger partial charge in [-0.1, -0.05) is 6.07 Å². The van der Waals surface area contributed by atoms with Crippen molar-refractivity contribution in [2.45, 2.75) is 13.0 Å². The molecule has 164 valence electrons. The van der Waals surface area contributed by atoms with Crippen LogP contribution < -0.4 is 15.5 Å². The number of anilines is 3. The first-order chi connectivity index (χ1) is 15.6. The Morgan fingerprint density at radius 3 is 2.69 bits per heavy atom. The lowest BCUT2D eigenvalue weighted by Gasteiger charge is -2.21. The first-order valence-corrected chi connectivity index (χ1v) is 10.4. The molecule has 0 saturated carbocycles. The predicted octanol–water partition coefficient (Wildman–Crippen LogP) is 3.64. The second kappa shape index (κ2) is 8.51.